The van der Waals surface area contributed by atoms with Crippen molar-refractivity contribution < 1.29 is 19.4 Å². The van der Waals surface area contributed by atoms with Crippen LogP contribution in [0.15, 0.2) is 77.8 Å². The van der Waals surface area contributed by atoms with Crippen LogP contribution in [0.5, 0.6) is 5.88 Å². The number of carbonyl (C=O) groups is 2. The molecule has 2 amide bonds. The number of aromatic amines is 1. The summed E-state index contributed by atoms with van der Waals surface area (Å²) in [5.41, 5.74) is 4.16. The van der Waals surface area contributed by atoms with E-state index in [-0.39, 0.29) is 11.9 Å². The van der Waals surface area contributed by atoms with Crippen LogP contribution in [0.1, 0.15) is 35.3 Å². The predicted octanol–water partition coefficient (Wildman–Crippen LogP) is 5.70. The minimum Gasteiger partial charge on any atom is -0.494 e. The summed E-state index contributed by atoms with van der Waals surface area (Å²) in [6.45, 7) is 5.12. The Labute approximate surface area is 209 Å². The standard InChI is InChI=1S/C28H28N4O4/c1-4-32(5-2)28(35)30-21-14-12-20(13-15-21)29-25(18-9-7-6-8-10-18)24-22-16-11-19(27(34)36-3)17-23(22)31-26(24)33/h6-17,31,33H,4-5H2,1-3H3,(H,30,35). The number of aliphatic imine (C=N–C) groups is 1. The van der Waals surface area contributed by atoms with Crippen molar-refractivity contribution in [2.45, 2.75) is 13.8 Å². The smallest absolute Gasteiger partial charge is 0.337 e. The minimum absolute atomic E-state index is 0.0577. The van der Waals surface area contributed by atoms with Gasteiger partial charge in [0.05, 0.1) is 29.6 Å². The molecule has 3 aromatic carbocycles. The lowest BCUT2D eigenvalue weighted by molar-refractivity contribution is 0.0601. The van der Waals surface area contributed by atoms with Gasteiger partial charge in [0.15, 0.2) is 5.88 Å². The van der Waals surface area contributed by atoms with E-state index in [1.165, 1.54) is 7.11 Å². The number of hydrogen-bond acceptors (Lipinski definition) is 5. The van der Waals surface area contributed by atoms with Crippen LogP contribution in [-0.4, -0.2) is 52.9 Å². The summed E-state index contributed by atoms with van der Waals surface area (Å²) in [6, 6.07) is 21.6. The Kier molecular flexibility index (Phi) is 7.34. The number of fused-ring (bicyclic) bond motifs is 1. The summed E-state index contributed by atoms with van der Waals surface area (Å²) < 4.78 is 4.81. The van der Waals surface area contributed by atoms with Gasteiger partial charge in [0.1, 0.15) is 0 Å². The quantitative estimate of drug-likeness (QED) is 0.231. The average Bonchev–Trinajstić information content (AvgIpc) is 3.23. The number of methoxy groups -OCH3 is 1. The molecule has 8 nitrogen and oxygen atoms in total. The van der Waals surface area contributed by atoms with Crippen LogP contribution in [0.4, 0.5) is 16.2 Å². The lowest BCUT2D eigenvalue weighted by atomic mass is 10.00. The van der Waals surface area contributed by atoms with Crippen LogP contribution >= 0.6 is 0 Å². The average molecular weight is 485 g/mol. The van der Waals surface area contributed by atoms with Gasteiger partial charge in [-0.15, -0.1) is 0 Å². The maximum atomic E-state index is 12.4. The molecule has 0 unspecified atom stereocenters. The van der Waals surface area contributed by atoms with Crippen LogP contribution in [0.2, 0.25) is 0 Å². The molecule has 0 saturated carbocycles. The first kappa shape index (κ1) is 24.5. The van der Waals surface area contributed by atoms with Gasteiger partial charge in [-0.2, -0.15) is 0 Å². The van der Waals surface area contributed by atoms with Gasteiger partial charge in [-0.25, -0.2) is 14.6 Å². The summed E-state index contributed by atoms with van der Waals surface area (Å²) in [6.07, 6.45) is 0. The van der Waals surface area contributed by atoms with Gasteiger partial charge in [-0.05, 0) is 50.2 Å². The Morgan fingerprint density at radius 1 is 0.972 bits per heavy atom. The van der Waals surface area contributed by atoms with E-state index >= 15 is 0 Å². The second-order valence-corrected chi connectivity index (χ2v) is 8.08. The third-order valence-corrected chi connectivity index (χ3v) is 5.89. The van der Waals surface area contributed by atoms with E-state index in [0.29, 0.717) is 52.2 Å². The fourth-order valence-electron chi connectivity index (χ4n) is 3.99. The zero-order valence-corrected chi connectivity index (χ0v) is 20.4. The molecule has 8 heteroatoms. The molecular formula is C28H28N4O4. The van der Waals surface area contributed by atoms with Crippen molar-refractivity contribution in [3.8, 4) is 5.88 Å². The van der Waals surface area contributed by atoms with Crippen LogP contribution in [0.25, 0.3) is 10.9 Å². The maximum Gasteiger partial charge on any atom is 0.337 e. The SMILES string of the molecule is CCN(CC)C(=O)Nc1ccc(N=C(c2ccccc2)c2c(O)[nH]c3cc(C(=O)OC)ccc23)cc1. The summed E-state index contributed by atoms with van der Waals surface area (Å²) in [4.78, 5) is 33.8. The fraction of sp³-hybridized carbons (Fsp3) is 0.179. The summed E-state index contributed by atoms with van der Waals surface area (Å²) in [7, 11) is 1.32. The van der Waals surface area contributed by atoms with Crippen molar-refractivity contribution >= 4 is 40.0 Å². The molecule has 36 heavy (non-hydrogen) atoms. The first-order chi connectivity index (χ1) is 17.4. The van der Waals surface area contributed by atoms with E-state index in [4.69, 9.17) is 9.73 Å². The highest BCUT2D eigenvalue weighted by atomic mass is 16.5. The van der Waals surface area contributed by atoms with Crippen molar-refractivity contribution in [3.05, 3.63) is 89.5 Å². The molecule has 0 atom stereocenters. The van der Waals surface area contributed by atoms with Crippen molar-refractivity contribution in [1.29, 1.82) is 0 Å². The Bertz CT molecular complexity index is 1410. The van der Waals surface area contributed by atoms with Gasteiger partial charge in [-0.1, -0.05) is 36.4 Å². The van der Waals surface area contributed by atoms with Gasteiger partial charge in [-0.3, -0.25) is 0 Å². The van der Waals surface area contributed by atoms with E-state index < -0.39 is 5.97 Å². The van der Waals surface area contributed by atoms with Gasteiger partial charge in [0.2, 0.25) is 0 Å². The van der Waals surface area contributed by atoms with Gasteiger partial charge in [0, 0.05) is 35.2 Å². The number of rotatable bonds is 7. The molecule has 0 radical (unpaired) electrons. The number of aromatic hydroxyl groups is 1. The monoisotopic (exact) mass is 484 g/mol. The van der Waals surface area contributed by atoms with E-state index in [0.717, 1.165) is 5.56 Å². The predicted molar refractivity (Wildman–Crippen MR) is 141 cm³/mol. The highest BCUT2D eigenvalue weighted by Crippen LogP contribution is 2.32. The Morgan fingerprint density at radius 2 is 1.67 bits per heavy atom. The summed E-state index contributed by atoms with van der Waals surface area (Å²) in [5, 5.41) is 14.5. The molecule has 0 aliphatic rings. The molecular weight excluding hydrogens is 456 g/mol. The van der Waals surface area contributed by atoms with Gasteiger partial charge < -0.3 is 25.0 Å². The first-order valence-electron chi connectivity index (χ1n) is 11.7. The Hall–Kier alpha value is -4.59. The van der Waals surface area contributed by atoms with Crippen molar-refractivity contribution in [2.24, 2.45) is 4.99 Å². The number of ether oxygens (including phenoxy) is 1. The number of urea groups is 1. The lowest BCUT2D eigenvalue weighted by Crippen LogP contribution is -2.34. The number of hydrogen-bond donors (Lipinski definition) is 3. The first-order valence-corrected chi connectivity index (χ1v) is 11.7. The normalized spacial score (nSPS) is 11.4. The number of nitrogens with one attached hydrogen (secondary N) is 2. The van der Waals surface area contributed by atoms with E-state index in [1.807, 2.05) is 56.3 Å². The highest BCUT2D eigenvalue weighted by molar-refractivity contribution is 6.22. The topological polar surface area (TPSA) is 107 Å². The molecule has 1 heterocycles. The lowest BCUT2D eigenvalue weighted by Gasteiger charge is -2.19. The van der Waals surface area contributed by atoms with Crippen molar-refractivity contribution in [3.63, 3.8) is 0 Å². The highest BCUT2D eigenvalue weighted by Gasteiger charge is 2.20. The fourth-order valence-corrected chi connectivity index (χ4v) is 3.99. The molecule has 0 aliphatic carbocycles. The maximum absolute atomic E-state index is 12.4. The van der Waals surface area contributed by atoms with Crippen molar-refractivity contribution in [1.82, 2.24) is 9.88 Å². The van der Waals surface area contributed by atoms with Crippen LogP contribution < -0.4 is 5.32 Å². The number of anilines is 1. The largest absolute Gasteiger partial charge is 0.494 e. The van der Waals surface area contributed by atoms with Crippen LogP contribution in [0.3, 0.4) is 0 Å². The molecule has 0 saturated heterocycles. The number of H-pyrrole nitrogens is 1. The Balaban J connectivity index is 1.75. The van der Waals surface area contributed by atoms with Crippen LogP contribution in [0, 0.1) is 0 Å². The third kappa shape index (κ3) is 5.07. The molecule has 1 aromatic heterocycles. The molecule has 3 N–H and O–H groups in total. The Morgan fingerprint density at radius 3 is 2.31 bits per heavy atom. The molecule has 0 spiro atoms. The van der Waals surface area contributed by atoms with Crippen LogP contribution in [-0.2, 0) is 4.74 Å². The number of benzene rings is 3. The van der Waals surface area contributed by atoms with E-state index in [9.17, 15) is 14.7 Å². The molecule has 0 fully saturated rings. The number of esters is 1. The van der Waals surface area contributed by atoms with E-state index in [2.05, 4.69) is 10.3 Å². The molecule has 0 aliphatic heterocycles. The number of nitrogens with zero attached hydrogens (tertiary/aromatic N) is 2. The number of amides is 2. The summed E-state index contributed by atoms with van der Waals surface area (Å²) >= 11 is 0. The number of carbonyl (C=O) groups excluding carboxylic acids is 2. The third-order valence-electron chi connectivity index (χ3n) is 5.89. The van der Waals surface area contributed by atoms with Crippen molar-refractivity contribution in [2.75, 3.05) is 25.5 Å². The molecule has 4 rings (SSSR count). The number of aromatic nitrogens is 1. The summed E-state index contributed by atoms with van der Waals surface area (Å²) in [5.74, 6) is -0.518. The van der Waals surface area contributed by atoms with Gasteiger partial charge in [0.25, 0.3) is 0 Å². The van der Waals surface area contributed by atoms with Gasteiger partial charge >= 0.3 is 12.0 Å². The second-order valence-electron chi connectivity index (χ2n) is 8.08. The zero-order chi connectivity index (χ0) is 25.7. The molecule has 184 valence electrons. The zero-order valence-electron chi connectivity index (χ0n) is 20.4. The molecule has 0 bridgehead atoms. The second kappa shape index (κ2) is 10.8. The minimum atomic E-state index is -0.460. The molecule has 4 aromatic rings. The van der Waals surface area contributed by atoms with E-state index in [1.54, 1.807) is 35.2 Å².